The molecule has 0 saturated heterocycles. The van der Waals surface area contributed by atoms with Crippen molar-refractivity contribution in [3.63, 3.8) is 0 Å². The molecule has 1 amide bonds. The van der Waals surface area contributed by atoms with Crippen molar-refractivity contribution in [1.29, 1.82) is 5.26 Å². The number of hydrogen-bond acceptors (Lipinski definition) is 5. The summed E-state index contributed by atoms with van der Waals surface area (Å²) in [7, 11) is 3.03. The molecule has 0 bridgehead atoms. The number of ether oxygens (including phenoxy) is 3. The number of amides is 1. The molecule has 0 saturated carbocycles. The van der Waals surface area contributed by atoms with Gasteiger partial charge in [-0.3, -0.25) is 4.79 Å². The summed E-state index contributed by atoms with van der Waals surface area (Å²) < 4.78 is 16.3. The smallest absolute Gasteiger partial charge is 0.266 e. The Kier molecular flexibility index (Phi) is 8.20. The third kappa shape index (κ3) is 6.19. The summed E-state index contributed by atoms with van der Waals surface area (Å²) >= 11 is 12.6. The highest BCUT2D eigenvalue weighted by Crippen LogP contribution is 2.38. The lowest BCUT2D eigenvalue weighted by molar-refractivity contribution is -0.112. The second kappa shape index (κ2) is 11.3. The standard InChI is InChI=1S/C25H20Cl2N2O4/c1-31-20-9-7-19(8-10-20)29-25(30)18(14-28)11-16-12-22(27)24(23(13-16)32-2)33-15-17-5-3-4-6-21(17)26/h3-13H,15H2,1-2H3,(H,29,30)/b18-11-. The SMILES string of the molecule is COc1ccc(NC(=O)/C(C#N)=C\c2cc(Cl)c(OCc3ccccc3Cl)c(OC)c2)cc1. The first-order valence-electron chi connectivity index (χ1n) is 9.76. The Balaban J connectivity index is 1.80. The Morgan fingerprint density at radius 1 is 1.03 bits per heavy atom. The van der Waals surface area contributed by atoms with Gasteiger partial charge in [-0.2, -0.15) is 5.26 Å². The first-order valence-corrected chi connectivity index (χ1v) is 10.5. The molecule has 3 aromatic carbocycles. The number of benzene rings is 3. The van der Waals surface area contributed by atoms with Crippen LogP contribution < -0.4 is 19.5 Å². The predicted octanol–water partition coefficient (Wildman–Crippen LogP) is 6.14. The summed E-state index contributed by atoms with van der Waals surface area (Å²) in [6.07, 6.45) is 1.42. The van der Waals surface area contributed by atoms with Gasteiger partial charge in [-0.15, -0.1) is 0 Å². The van der Waals surface area contributed by atoms with Crippen LogP contribution in [0.25, 0.3) is 6.08 Å². The van der Waals surface area contributed by atoms with Crippen molar-refractivity contribution in [2.24, 2.45) is 0 Å². The number of anilines is 1. The van der Waals surface area contributed by atoms with Crippen LogP contribution in [-0.4, -0.2) is 20.1 Å². The van der Waals surface area contributed by atoms with Gasteiger partial charge in [0.2, 0.25) is 0 Å². The highest BCUT2D eigenvalue weighted by atomic mass is 35.5. The van der Waals surface area contributed by atoms with Gasteiger partial charge < -0.3 is 19.5 Å². The van der Waals surface area contributed by atoms with Crippen LogP contribution in [0.3, 0.4) is 0 Å². The number of nitrogens with zero attached hydrogens (tertiary/aromatic N) is 1. The molecule has 0 radical (unpaired) electrons. The van der Waals surface area contributed by atoms with Gasteiger partial charge in [0.15, 0.2) is 11.5 Å². The van der Waals surface area contributed by atoms with E-state index in [1.807, 2.05) is 24.3 Å². The molecule has 0 atom stereocenters. The van der Waals surface area contributed by atoms with E-state index in [9.17, 15) is 10.1 Å². The van der Waals surface area contributed by atoms with Gasteiger partial charge >= 0.3 is 0 Å². The Bertz CT molecular complexity index is 1220. The lowest BCUT2D eigenvalue weighted by Crippen LogP contribution is -2.13. The monoisotopic (exact) mass is 482 g/mol. The van der Waals surface area contributed by atoms with Crippen LogP contribution in [0.2, 0.25) is 10.0 Å². The second-order valence-corrected chi connectivity index (χ2v) is 7.58. The minimum Gasteiger partial charge on any atom is -0.497 e. The van der Waals surface area contributed by atoms with Gasteiger partial charge in [-0.1, -0.05) is 41.4 Å². The van der Waals surface area contributed by atoms with Gasteiger partial charge in [0.05, 0.1) is 19.2 Å². The molecule has 3 rings (SSSR count). The highest BCUT2D eigenvalue weighted by Gasteiger charge is 2.15. The summed E-state index contributed by atoms with van der Waals surface area (Å²) in [4.78, 5) is 12.6. The number of carbonyl (C=O) groups is 1. The summed E-state index contributed by atoms with van der Waals surface area (Å²) in [5.41, 5.74) is 1.72. The average Bonchev–Trinajstić information content (AvgIpc) is 2.82. The predicted molar refractivity (Wildman–Crippen MR) is 129 cm³/mol. The average molecular weight is 483 g/mol. The summed E-state index contributed by atoms with van der Waals surface area (Å²) in [5.74, 6) is 0.783. The molecule has 0 unspecified atom stereocenters. The molecule has 3 aromatic rings. The van der Waals surface area contributed by atoms with E-state index in [1.54, 1.807) is 49.6 Å². The van der Waals surface area contributed by atoms with Crippen molar-refractivity contribution < 1.29 is 19.0 Å². The third-order valence-electron chi connectivity index (χ3n) is 4.61. The minimum atomic E-state index is -0.559. The first kappa shape index (κ1) is 24.0. The molecule has 6 nitrogen and oxygen atoms in total. The van der Waals surface area contributed by atoms with Crippen LogP contribution in [0, 0.1) is 11.3 Å². The van der Waals surface area contributed by atoms with Gasteiger partial charge in [0.1, 0.15) is 24.0 Å². The van der Waals surface area contributed by atoms with Crippen molar-refractivity contribution in [2.75, 3.05) is 19.5 Å². The Morgan fingerprint density at radius 3 is 2.39 bits per heavy atom. The van der Waals surface area contributed by atoms with Crippen LogP contribution in [0.5, 0.6) is 17.2 Å². The second-order valence-electron chi connectivity index (χ2n) is 6.77. The molecule has 1 N–H and O–H groups in total. The molecule has 0 aliphatic rings. The molecule has 0 spiro atoms. The van der Waals surface area contributed by atoms with E-state index in [0.717, 1.165) is 5.56 Å². The normalized spacial score (nSPS) is 10.8. The molecule has 0 heterocycles. The van der Waals surface area contributed by atoms with Gasteiger partial charge in [-0.05, 0) is 54.1 Å². The van der Waals surface area contributed by atoms with Crippen molar-refractivity contribution in [3.05, 3.63) is 87.4 Å². The van der Waals surface area contributed by atoms with Crippen LogP contribution in [0.4, 0.5) is 5.69 Å². The number of methoxy groups -OCH3 is 2. The van der Waals surface area contributed by atoms with Crippen molar-refractivity contribution in [1.82, 2.24) is 0 Å². The largest absolute Gasteiger partial charge is 0.497 e. The molecule has 8 heteroatoms. The van der Waals surface area contributed by atoms with Crippen LogP contribution >= 0.6 is 23.2 Å². The summed E-state index contributed by atoms with van der Waals surface area (Å²) in [6, 6.07) is 19.2. The fourth-order valence-electron chi connectivity index (χ4n) is 2.92. The Morgan fingerprint density at radius 2 is 1.76 bits per heavy atom. The van der Waals surface area contributed by atoms with E-state index >= 15 is 0 Å². The number of hydrogen-bond donors (Lipinski definition) is 1. The zero-order valence-electron chi connectivity index (χ0n) is 17.9. The van der Waals surface area contributed by atoms with E-state index < -0.39 is 5.91 Å². The maximum absolute atomic E-state index is 12.6. The van der Waals surface area contributed by atoms with Crippen molar-refractivity contribution in [2.45, 2.75) is 6.61 Å². The van der Waals surface area contributed by atoms with Gasteiger partial charge in [0, 0.05) is 16.3 Å². The van der Waals surface area contributed by atoms with Crippen molar-refractivity contribution >= 4 is 40.9 Å². The molecule has 0 fully saturated rings. The molecule has 0 aromatic heterocycles. The van der Waals surface area contributed by atoms with Crippen LogP contribution in [0.1, 0.15) is 11.1 Å². The van der Waals surface area contributed by atoms with E-state index in [4.69, 9.17) is 37.4 Å². The highest BCUT2D eigenvalue weighted by molar-refractivity contribution is 6.32. The van der Waals surface area contributed by atoms with Crippen molar-refractivity contribution in [3.8, 4) is 23.3 Å². The van der Waals surface area contributed by atoms with E-state index in [1.165, 1.54) is 13.2 Å². The molecule has 168 valence electrons. The van der Waals surface area contributed by atoms with E-state index in [2.05, 4.69) is 5.32 Å². The van der Waals surface area contributed by atoms with Gasteiger partial charge in [-0.25, -0.2) is 0 Å². The van der Waals surface area contributed by atoms with Crippen LogP contribution in [0.15, 0.2) is 66.2 Å². The van der Waals surface area contributed by atoms with Gasteiger partial charge in [0.25, 0.3) is 5.91 Å². The molecule has 0 aliphatic heterocycles. The zero-order valence-corrected chi connectivity index (χ0v) is 19.4. The topological polar surface area (TPSA) is 80.6 Å². The maximum Gasteiger partial charge on any atom is 0.266 e. The molecular weight excluding hydrogens is 463 g/mol. The van der Waals surface area contributed by atoms with E-state index in [-0.39, 0.29) is 17.2 Å². The minimum absolute atomic E-state index is 0.103. The molecule has 33 heavy (non-hydrogen) atoms. The number of rotatable bonds is 8. The quantitative estimate of drug-likeness (QED) is 0.308. The molecular formula is C25H20Cl2N2O4. The lowest BCUT2D eigenvalue weighted by Gasteiger charge is -2.14. The third-order valence-corrected chi connectivity index (χ3v) is 5.26. The Hall–Kier alpha value is -3.66. The first-order chi connectivity index (χ1) is 15.9. The fraction of sp³-hybridized carbons (Fsp3) is 0.120. The number of halogens is 2. The number of nitrogens with one attached hydrogen (secondary N) is 1. The summed E-state index contributed by atoms with van der Waals surface area (Å²) in [6.45, 7) is 0.193. The van der Waals surface area contributed by atoms with E-state index in [0.29, 0.717) is 33.5 Å². The number of carbonyl (C=O) groups excluding carboxylic acids is 1. The van der Waals surface area contributed by atoms with Crippen LogP contribution in [-0.2, 0) is 11.4 Å². The summed E-state index contributed by atoms with van der Waals surface area (Å²) in [5, 5.41) is 13.0. The maximum atomic E-state index is 12.6. The molecule has 0 aliphatic carbocycles. The Labute approximate surface area is 201 Å². The zero-order chi connectivity index (χ0) is 23.8. The number of nitriles is 1. The fourth-order valence-corrected chi connectivity index (χ4v) is 3.38. The lowest BCUT2D eigenvalue weighted by atomic mass is 10.1.